The van der Waals surface area contributed by atoms with Crippen LogP contribution in [-0.2, 0) is 6.42 Å². The number of hydrogen-bond acceptors (Lipinski definition) is 2. The fourth-order valence-corrected chi connectivity index (χ4v) is 3.67. The number of carbonyl (C=O) groups excluding carboxylic acids is 1. The number of rotatable bonds is 1. The van der Waals surface area contributed by atoms with Crippen molar-refractivity contribution in [3.05, 3.63) is 70.9 Å². The van der Waals surface area contributed by atoms with E-state index in [1.165, 1.54) is 24.3 Å². The molecular weight excluding hydrogens is 334 g/mol. The van der Waals surface area contributed by atoms with Gasteiger partial charge < -0.3 is 4.90 Å². The van der Waals surface area contributed by atoms with Gasteiger partial charge >= 0.3 is 0 Å². The summed E-state index contributed by atoms with van der Waals surface area (Å²) < 4.78 is 27.4. The SMILES string of the molecule is Cc1cc(C(=O)N2c3ccc(F)cc3CC[C@@H]2C)c2cc(F)ccc2n1. The molecule has 0 aliphatic carbocycles. The van der Waals surface area contributed by atoms with Gasteiger partial charge in [-0.2, -0.15) is 0 Å². The lowest BCUT2D eigenvalue weighted by molar-refractivity contribution is 0.0976. The molecule has 0 saturated heterocycles. The van der Waals surface area contributed by atoms with Crippen LogP contribution in [0.2, 0.25) is 0 Å². The zero-order valence-electron chi connectivity index (χ0n) is 14.6. The molecule has 1 aromatic heterocycles. The molecule has 5 heteroatoms. The fraction of sp³-hybridized carbons (Fsp3) is 0.238. The van der Waals surface area contributed by atoms with E-state index in [0.29, 0.717) is 27.8 Å². The first-order valence-electron chi connectivity index (χ1n) is 8.63. The molecule has 132 valence electrons. The lowest BCUT2D eigenvalue weighted by Gasteiger charge is -2.35. The van der Waals surface area contributed by atoms with Crippen molar-refractivity contribution in [2.45, 2.75) is 32.7 Å². The Balaban J connectivity index is 1.89. The number of hydrogen-bond donors (Lipinski definition) is 0. The molecule has 0 radical (unpaired) electrons. The highest BCUT2D eigenvalue weighted by Crippen LogP contribution is 2.33. The number of amides is 1. The standard InChI is InChI=1S/C21H18F2N2O/c1-12-9-18(17-11-16(23)5-7-19(17)24-12)21(26)25-13(2)3-4-14-10-15(22)6-8-20(14)25/h5-11,13H,3-4H2,1-2H3/t13-/m0/s1. The van der Waals surface area contributed by atoms with Crippen LogP contribution in [0.5, 0.6) is 0 Å². The summed E-state index contributed by atoms with van der Waals surface area (Å²) in [5.74, 6) is -0.935. The van der Waals surface area contributed by atoms with Gasteiger partial charge in [-0.25, -0.2) is 8.78 Å². The largest absolute Gasteiger partial charge is 0.305 e. The third kappa shape index (κ3) is 2.73. The zero-order chi connectivity index (χ0) is 18.4. The number of carbonyl (C=O) groups is 1. The predicted molar refractivity (Wildman–Crippen MR) is 97.4 cm³/mol. The van der Waals surface area contributed by atoms with Crippen molar-refractivity contribution in [3.8, 4) is 0 Å². The third-order valence-corrected chi connectivity index (χ3v) is 4.92. The van der Waals surface area contributed by atoms with Crippen LogP contribution in [0.25, 0.3) is 10.9 Å². The van der Waals surface area contributed by atoms with Crippen molar-refractivity contribution < 1.29 is 13.6 Å². The summed E-state index contributed by atoms with van der Waals surface area (Å²) in [7, 11) is 0. The summed E-state index contributed by atoms with van der Waals surface area (Å²) in [4.78, 5) is 19.5. The van der Waals surface area contributed by atoms with Crippen LogP contribution in [-0.4, -0.2) is 16.9 Å². The first-order chi connectivity index (χ1) is 12.4. The Labute approximate surface area is 150 Å². The molecule has 26 heavy (non-hydrogen) atoms. The molecule has 3 nitrogen and oxygen atoms in total. The highest BCUT2D eigenvalue weighted by molar-refractivity contribution is 6.14. The maximum Gasteiger partial charge on any atom is 0.259 e. The van der Waals surface area contributed by atoms with E-state index >= 15 is 0 Å². The van der Waals surface area contributed by atoms with Crippen molar-refractivity contribution in [2.24, 2.45) is 0 Å². The minimum absolute atomic E-state index is 0.0301. The molecule has 1 aliphatic heterocycles. The number of nitrogens with zero attached hydrogens (tertiary/aromatic N) is 2. The number of anilines is 1. The molecule has 1 aliphatic rings. The van der Waals surface area contributed by atoms with E-state index in [1.807, 2.05) is 13.8 Å². The Kier molecular flexibility index (Phi) is 3.94. The zero-order valence-corrected chi connectivity index (χ0v) is 14.6. The lowest BCUT2D eigenvalue weighted by atomic mass is 9.95. The van der Waals surface area contributed by atoms with Gasteiger partial charge in [-0.15, -0.1) is 0 Å². The Hall–Kier alpha value is -2.82. The number of aromatic nitrogens is 1. The van der Waals surface area contributed by atoms with Crippen LogP contribution in [0.15, 0.2) is 42.5 Å². The van der Waals surface area contributed by atoms with Gasteiger partial charge in [0.1, 0.15) is 11.6 Å². The molecule has 1 amide bonds. The van der Waals surface area contributed by atoms with Gasteiger partial charge in [0.2, 0.25) is 0 Å². The molecule has 2 heterocycles. The van der Waals surface area contributed by atoms with Gasteiger partial charge in [-0.3, -0.25) is 9.78 Å². The summed E-state index contributed by atoms with van der Waals surface area (Å²) in [6.07, 6.45) is 1.47. The second kappa shape index (κ2) is 6.16. The van der Waals surface area contributed by atoms with Gasteiger partial charge in [0.15, 0.2) is 0 Å². The van der Waals surface area contributed by atoms with E-state index in [9.17, 15) is 13.6 Å². The molecule has 0 spiro atoms. The van der Waals surface area contributed by atoms with Crippen LogP contribution in [0, 0.1) is 18.6 Å². The van der Waals surface area contributed by atoms with Crippen LogP contribution in [0.3, 0.4) is 0 Å². The van der Waals surface area contributed by atoms with E-state index in [0.717, 1.165) is 18.4 Å². The van der Waals surface area contributed by atoms with Gasteiger partial charge in [0.05, 0.1) is 11.1 Å². The lowest BCUT2D eigenvalue weighted by Crippen LogP contribution is -2.42. The molecule has 0 N–H and O–H groups in total. The summed E-state index contributed by atoms with van der Waals surface area (Å²) in [6, 6.07) is 10.4. The minimum atomic E-state index is -0.411. The van der Waals surface area contributed by atoms with Crippen molar-refractivity contribution in [1.82, 2.24) is 4.98 Å². The van der Waals surface area contributed by atoms with E-state index in [-0.39, 0.29) is 17.8 Å². The van der Waals surface area contributed by atoms with E-state index in [1.54, 1.807) is 23.1 Å². The monoisotopic (exact) mass is 352 g/mol. The number of halogens is 2. The van der Waals surface area contributed by atoms with Crippen LogP contribution >= 0.6 is 0 Å². The average Bonchev–Trinajstić information content (AvgIpc) is 2.61. The Morgan fingerprint density at radius 2 is 1.85 bits per heavy atom. The summed E-state index contributed by atoms with van der Waals surface area (Å²) in [5.41, 5.74) is 3.22. The molecule has 0 unspecified atom stereocenters. The first-order valence-corrected chi connectivity index (χ1v) is 8.63. The van der Waals surface area contributed by atoms with E-state index in [2.05, 4.69) is 4.98 Å². The van der Waals surface area contributed by atoms with Crippen LogP contribution in [0.4, 0.5) is 14.5 Å². The molecule has 0 fully saturated rings. The van der Waals surface area contributed by atoms with Gasteiger partial charge in [-0.05, 0) is 74.7 Å². The molecule has 1 atom stereocenters. The maximum atomic E-state index is 13.8. The summed E-state index contributed by atoms with van der Waals surface area (Å²) in [6.45, 7) is 3.78. The normalized spacial score (nSPS) is 16.6. The second-order valence-corrected chi connectivity index (χ2v) is 6.81. The third-order valence-electron chi connectivity index (χ3n) is 4.92. The minimum Gasteiger partial charge on any atom is -0.305 e. The molecule has 0 bridgehead atoms. The van der Waals surface area contributed by atoms with Crippen molar-refractivity contribution in [2.75, 3.05) is 4.90 Å². The smallest absolute Gasteiger partial charge is 0.259 e. The molecule has 0 saturated carbocycles. The molecular formula is C21H18F2N2O. The highest BCUT2D eigenvalue weighted by Gasteiger charge is 2.30. The van der Waals surface area contributed by atoms with Gasteiger partial charge in [-0.1, -0.05) is 0 Å². The van der Waals surface area contributed by atoms with Gasteiger partial charge in [0.25, 0.3) is 5.91 Å². The molecule has 2 aromatic carbocycles. The highest BCUT2D eigenvalue weighted by atomic mass is 19.1. The number of fused-ring (bicyclic) bond motifs is 2. The Bertz CT molecular complexity index is 1030. The first kappa shape index (κ1) is 16.6. The van der Waals surface area contributed by atoms with Crippen LogP contribution < -0.4 is 4.90 Å². The van der Waals surface area contributed by atoms with Crippen molar-refractivity contribution in [3.63, 3.8) is 0 Å². The van der Waals surface area contributed by atoms with E-state index in [4.69, 9.17) is 0 Å². The van der Waals surface area contributed by atoms with Crippen LogP contribution in [0.1, 0.15) is 35.0 Å². The van der Waals surface area contributed by atoms with Crippen molar-refractivity contribution >= 4 is 22.5 Å². The number of benzene rings is 2. The summed E-state index contributed by atoms with van der Waals surface area (Å²) >= 11 is 0. The second-order valence-electron chi connectivity index (χ2n) is 6.81. The quantitative estimate of drug-likeness (QED) is 0.630. The number of pyridine rings is 1. The van der Waals surface area contributed by atoms with Crippen molar-refractivity contribution in [1.29, 1.82) is 0 Å². The maximum absolute atomic E-state index is 13.8. The average molecular weight is 352 g/mol. The fourth-order valence-electron chi connectivity index (χ4n) is 3.67. The Morgan fingerprint density at radius 3 is 2.65 bits per heavy atom. The molecule has 3 aromatic rings. The van der Waals surface area contributed by atoms with E-state index < -0.39 is 5.82 Å². The van der Waals surface area contributed by atoms with Gasteiger partial charge in [0, 0.05) is 22.8 Å². The summed E-state index contributed by atoms with van der Waals surface area (Å²) in [5, 5.41) is 0.488. The Morgan fingerprint density at radius 1 is 1.12 bits per heavy atom. The number of aryl methyl sites for hydroxylation is 2. The molecule has 4 rings (SSSR count). The topological polar surface area (TPSA) is 33.2 Å². The predicted octanol–water partition coefficient (Wildman–Crippen LogP) is 4.80.